The molecule has 3 rings (SSSR count). The highest BCUT2D eigenvalue weighted by Gasteiger charge is 2.39. The minimum atomic E-state index is -4.32. The van der Waals surface area contributed by atoms with Crippen molar-refractivity contribution in [2.24, 2.45) is 11.3 Å². The summed E-state index contributed by atoms with van der Waals surface area (Å²) in [6, 6.07) is 4.70. The fraction of sp³-hybridized carbons (Fsp3) is 0.615. The van der Waals surface area contributed by atoms with Crippen LogP contribution in [0.5, 0.6) is 5.75 Å². The third-order valence-electron chi connectivity index (χ3n) is 7.59. The van der Waals surface area contributed by atoms with Crippen LogP contribution in [0, 0.1) is 11.3 Å². The number of aliphatic hydroxyl groups is 1. The van der Waals surface area contributed by atoms with Gasteiger partial charge < -0.3 is 15.2 Å². The number of benzene rings is 1. The molecule has 0 aliphatic heterocycles. The van der Waals surface area contributed by atoms with Gasteiger partial charge in [-0.25, -0.2) is 8.42 Å². The zero-order chi connectivity index (χ0) is 29.2. The highest BCUT2D eigenvalue weighted by Crippen LogP contribution is 2.40. The van der Waals surface area contributed by atoms with Crippen LogP contribution in [-0.2, 0) is 22.8 Å². The fourth-order valence-electron chi connectivity index (χ4n) is 4.97. The van der Waals surface area contributed by atoms with E-state index < -0.39 is 38.5 Å². The highest BCUT2D eigenvalue weighted by molar-refractivity contribution is 7.91. The van der Waals surface area contributed by atoms with Crippen LogP contribution in [0.25, 0.3) is 11.3 Å². The molecular formula is C26H35ClF3N3O5S. The Morgan fingerprint density at radius 3 is 2.49 bits per heavy atom. The number of aromatic nitrogens is 2. The topological polar surface area (TPSA) is 111 Å². The summed E-state index contributed by atoms with van der Waals surface area (Å²) in [5.41, 5.74) is 0.624. The molecule has 218 valence electrons. The second kappa shape index (κ2) is 12.1. The largest absolute Gasteiger partial charge is 0.496 e. The van der Waals surface area contributed by atoms with Crippen molar-refractivity contribution >= 4 is 27.3 Å². The molecule has 1 unspecified atom stereocenters. The number of ether oxygens (including phenoxy) is 1. The van der Waals surface area contributed by atoms with Crippen molar-refractivity contribution in [3.05, 3.63) is 34.5 Å². The minimum absolute atomic E-state index is 0.0387. The molecule has 1 aromatic heterocycles. The molecule has 2 aromatic rings. The lowest BCUT2D eigenvalue weighted by Crippen LogP contribution is -2.44. The molecular weight excluding hydrogens is 559 g/mol. The van der Waals surface area contributed by atoms with E-state index in [1.54, 1.807) is 19.1 Å². The van der Waals surface area contributed by atoms with Gasteiger partial charge in [0.1, 0.15) is 15.6 Å². The van der Waals surface area contributed by atoms with Gasteiger partial charge in [0.25, 0.3) is 5.91 Å². The molecule has 1 fully saturated rings. The number of rotatable bonds is 10. The Morgan fingerprint density at radius 2 is 1.97 bits per heavy atom. The maximum Gasteiger partial charge on any atom is 0.391 e. The van der Waals surface area contributed by atoms with Crippen molar-refractivity contribution in [1.29, 1.82) is 0 Å². The van der Waals surface area contributed by atoms with Crippen LogP contribution in [0.2, 0.25) is 5.02 Å². The number of amides is 1. The first-order chi connectivity index (χ1) is 18.2. The van der Waals surface area contributed by atoms with E-state index in [1.807, 2.05) is 0 Å². The summed E-state index contributed by atoms with van der Waals surface area (Å²) in [5.74, 6) is -1.79. The Balaban J connectivity index is 1.83. The van der Waals surface area contributed by atoms with Gasteiger partial charge in [0, 0.05) is 30.3 Å². The van der Waals surface area contributed by atoms with Crippen molar-refractivity contribution in [2.45, 2.75) is 63.9 Å². The molecule has 39 heavy (non-hydrogen) atoms. The number of aliphatic hydroxyl groups excluding tert-OH is 1. The number of carbonyl (C=O) groups excluding carboxylic acids is 1. The minimum Gasteiger partial charge on any atom is -0.496 e. The summed E-state index contributed by atoms with van der Waals surface area (Å²) in [4.78, 5) is 13.1. The fourth-order valence-corrected chi connectivity index (χ4v) is 6.39. The van der Waals surface area contributed by atoms with Crippen LogP contribution < -0.4 is 10.1 Å². The molecule has 0 saturated heterocycles. The summed E-state index contributed by atoms with van der Waals surface area (Å²) in [7, 11) is -1.78. The first-order valence-electron chi connectivity index (χ1n) is 12.7. The molecule has 1 heterocycles. The highest BCUT2D eigenvalue weighted by atomic mass is 35.5. The molecule has 1 aromatic carbocycles. The summed E-state index contributed by atoms with van der Waals surface area (Å²) < 4.78 is 69.9. The second-order valence-corrected chi connectivity index (χ2v) is 13.1. The van der Waals surface area contributed by atoms with Gasteiger partial charge in [0.2, 0.25) is 0 Å². The summed E-state index contributed by atoms with van der Waals surface area (Å²) in [6.07, 6.45) is -1.63. The number of hydrogen-bond acceptors (Lipinski definition) is 6. The summed E-state index contributed by atoms with van der Waals surface area (Å²) >= 11 is 6.65. The number of hydrogen-bond donors (Lipinski definition) is 2. The lowest BCUT2D eigenvalue weighted by atomic mass is 9.74. The van der Waals surface area contributed by atoms with Crippen LogP contribution in [0.1, 0.15) is 55.6 Å². The van der Waals surface area contributed by atoms with E-state index in [0.717, 1.165) is 6.92 Å². The number of nitrogens with one attached hydrogen (secondary N) is 1. The summed E-state index contributed by atoms with van der Waals surface area (Å²) in [5, 5.41) is 16.8. The van der Waals surface area contributed by atoms with Crippen molar-refractivity contribution in [1.82, 2.24) is 15.1 Å². The number of methoxy groups -OCH3 is 1. The van der Waals surface area contributed by atoms with E-state index >= 15 is 0 Å². The normalized spacial score (nSPS) is 21.0. The van der Waals surface area contributed by atoms with Gasteiger partial charge in [-0.1, -0.05) is 24.6 Å². The monoisotopic (exact) mass is 593 g/mol. The molecule has 1 atom stereocenters. The van der Waals surface area contributed by atoms with Gasteiger partial charge in [-0.05, 0) is 56.7 Å². The Hall–Kier alpha value is -2.31. The third kappa shape index (κ3) is 7.07. The van der Waals surface area contributed by atoms with Crippen LogP contribution >= 0.6 is 11.6 Å². The molecule has 1 saturated carbocycles. The van der Waals surface area contributed by atoms with E-state index in [1.165, 1.54) is 24.1 Å². The van der Waals surface area contributed by atoms with E-state index in [2.05, 4.69) is 10.4 Å². The zero-order valence-electron chi connectivity index (χ0n) is 22.4. The number of alkyl halides is 3. The second-order valence-electron chi connectivity index (χ2n) is 10.4. The van der Waals surface area contributed by atoms with Crippen molar-refractivity contribution in [3.63, 3.8) is 0 Å². The first-order valence-corrected chi connectivity index (χ1v) is 15.1. The predicted octanol–water partition coefficient (Wildman–Crippen LogP) is 4.67. The van der Waals surface area contributed by atoms with Crippen molar-refractivity contribution < 1.29 is 36.2 Å². The van der Waals surface area contributed by atoms with E-state index in [4.69, 9.17) is 16.3 Å². The average molecular weight is 594 g/mol. The predicted molar refractivity (Wildman–Crippen MR) is 143 cm³/mol. The number of aryl methyl sites for hydroxylation is 1. The quantitative estimate of drug-likeness (QED) is 0.414. The SMILES string of the molecule is CCn1nc(C(=O)NCC2(CO)CCC(S(C)(=O)=O)CC2)c(Cl)c1-c1ccc(CC(C)C(F)(F)F)cc1OC. The van der Waals surface area contributed by atoms with Crippen LogP contribution in [-0.4, -0.2) is 67.2 Å². The van der Waals surface area contributed by atoms with Gasteiger partial charge >= 0.3 is 6.18 Å². The third-order valence-corrected chi connectivity index (χ3v) is 9.63. The Kier molecular flexibility index (Phi) is 9.65. The molecule has 1 aliphatic carbocycles. The van der Waals surface area contributed by atoms with Gasteiger partial charge in [-0.3, -0.25) is 9.48 Å². The van der Waals surface area contributed by atoms with Crippen LogP contribution in [0.15, 0.2) is 18.2 Å². The number of nitrogens with zero attached hydrogens (tertiary/aromatic N) is 2. The lowest BCUT2D eigenvalue weighted by Gasteiger charge is -2.38. The maximum absolute atomic E-state index is 13.1. The number of carbonyl (C=O) groups is 1. The molecule has 0 spiro atoms. The van der Waals surface area contributed by atoms with Gasteiger partial charge in [-0.2, -0.15) is 18.3 Å². The van der Waals surface area contributed by atoms with Gasteiger partial charge in [0.15, 0.2) is 5.69 Å². The summed E-state index contributed by atoms with van der Waals surface area (Å²) in [6.45, 7) is 3.20. The average Bonchev–Trinajstić information content (AvgIpc) is 3.22. The van der Waals surface area contributed by atoms with Gasteiger partial charge in [0.05, 0.1) is 35.6 Å². The number of halogens is 4. The van der Waals surface area contributed by atoms with Crippen LogP contribution in [0.3, 0.4) is 0 Å². The molecule has 1 aliphatic rings. The van der Waals surface area contributed by atoms with E-state index in [0.29, 0.717) is 54.8 Å². The number of sulfone groups is 1. The Labute approximate surface area is 231 Å². The standard InChI is InChI=1S/C26H35ClF3N3O5S/c1-5-33-23(19-7-6-17(13-20(19)38-3)12-16(2)26(28,29)30)21(27)22(32-33)24(35)31-14-25(15-34)10-8-18(9-11-25)39(4,36)37/h6-7,13,16,18,34H,5,8-12,14-15H2,1-4H3,(H,31,35). The Morgan fingerprint density at radius 1 is 1.33 bits per heavy atom. The van der Waals surface area contributed by atoms with Crippen LogP contribution in [0.4, 0.5) is 13.2 Å². The van der Waals surface area contributed by atoms with E-state index in [9.17, 15) is 31.5 Å². The molecule has 1 amide bonds. The molecule has 0 radical (unpaired) electrons. The van der Waals surface area contributed by atoms with E-state index in [-0.39, 0.29) is 30.3 Å². The molecule has 2 N–H and O–H groups in total. The lowest BCUT2D eigenvalue weighted by molar-refractivity contribution is -0.169. The smallest absolute Gasteiger partial charge is 0.391 e. The first kappa shape index (κ1) is 31.2. The molecule has 0 bridgehead atoms. The van der Waals surface area contributed by atoms with Gasteiger partial charge in [-0.15, -0.1) is 0 Å². The zero-order valence-corrected chi connectivity index (χ0v) is 24.0. The van der Waals surface area contributed by atoms with Crippen molar-refractivity contribution in [3.8, 4) is 17.0 Å². The Bertz CT molecular complexity index is 1290. The van der Waals surface area contributed by atoms with Crippen molar-refractivity contribution in [2.75, 3.05) is 26.5 Å². The maximum atomic E-state index is 13.1. The molecule has 8 nitrogen and oxygen atoms in total. The molecule has 13 heteroatoms.